The Morgan fingerprint density at radius 2 is 1.07 bits per heavy atom. The van der Waals surface area contributed by atoms with Crippen molar-refractivity contribution in [2.45, 2.75) is 219 Å². The normalized spacial score (nSPS) is 14.1. The lowest BCUT2D eigenvalue weighted by Crippen LogP contribution is -2.46. The molecule has 3 atom stereocenters. The smallest absolute Gasteiger partial charge is 0.306 e. The average molecular weight is 768 g/mol. The Hall–Kier alpha value is -2.70. The predicted molar refractivity (Wildman–Crippen MR) is 236 cm³/mol. The van der Waals surface area contributed by atoms with E-state index in [1.54, 1.807) is 0 Å². The monoisotopic (exact) mass is 768 g/mol. The van der Waals surface area contributed by atoms with Crippen molar-refractivity contribution in [3.63, 3.8) is 0 Å². The van der Waals surface area contributed by atoms with Crippen LogP contribution in [-0.2, 0) is 14.3 Å². The van der Waals surface area contributed by atoms with Crippen LogP contribution in [0, 0.1) is 0 Å². The predicted octanol–water partition coefficient (Wildman–Crippen LogP) is 13.1. The standard InChI is InChI=1S/C49H85NO5/c1-4-7-10-13-16-19-22-24-27-30-33-36-39-42-49(54)55-45(40-37-34-31-28-25-21-18-15-12-9-6-3)43-48(53)50-46(44-51)47(52)41-38-35-32-29-26-23-20-17-14-11-8-5-2/h9,12,15,18,21,24-25,27-28,31,33,36,45-47,51-52H,4-8,10-11,13-14,16-17,19-20,22-23,26,29-30,32,34-35,37-44H2,1-3H3,(H,50,53)/b12-9+,18-15+,25-21-,27-24-,31-28-,36-33+. The van der Waals surface area contributed by atoms with Gasteiger partial charge in [-0.05, 0) is 57.8 Å². The molecule has 0 radical (unpaired) electrons. The lowest BCUT2D eigenvalue weighted by molar-refractivity contribution is -0.150. The number of hydrogen-bond donors (Lipinski definition) is 3. The van der Waals surface area contributed by atoms with Gasteiger partial charge in [0.15, 0.2) is 0 Å². The van der Waals surface area contributed by atoms with Crippen molar-refractivity contribution in [3.8, 4) is 0 Å². The van der Waals surface area contributed by atoms with Crippen LogP contribution in [0.4, 0.5) is 0 Å². The van der Waals surface area contributed by atoms with Crippen LogP contribution < -0.4 is 5.32 Å². The summed E-state index contributed by atoms with van der Waals surface area (Å²) in [4.78, 5) is 25.9. The van der Waals surface area contributed by atoms with Gasteiger partial charge in [-0.15, -0.1) is 0 Å². The summed E-state index contributed by atoms with van der Waals surface area (Å²) in [7, 11) is 0. The lowest BCUT2D eigenvalue weighted by atomic mass is 10.0. The van der Waals surface area contributed by atoms with E-state index < -0.39 is 18.2 Å². The van der Waals surface area contributed by atoms with Crippen LogP contribution >= 0.6 is 0 Å². The van der Waals surface area contributed by atoms with Crippen molar-refractivity contribution in [2.75, 3.05) is 6.61 Å². The van der Waals surface area contributed by atoms with Gasteiger partial charge >= 0.3 is 5.97 Å². The largest absolute Gasteiger partial charge is 0.462 e. The molecule has 6 nitrogen and oxygen atoms in total. The molecule has 1 amide bonds. The van der Waals surface area contributed by atoms with Crippen LogP contribution in [-0.4, -0.2) is 46.9 Å². The SMILES string of the molecule is CC/C=C/C=C/C=C\C=C/CCCC(CC(=O)NC(CO)C(O)CCCCCCCCCCCCCC)OC(=O)CC/C=C/C/C=C\CCCCCCCC. The highest BCUT2D eigenvalue weighted by molar-refractivity contribution is 5.77. The van der Waals surface area contributed by atoms with Gasteiger partial charge in [-0.25, -0.2) is 0 Å². The fourth-order valence-electron chi connectivity index (χ4n) is 6.44. The van der Waals surface area contributed by atoms with E-state index in [9.17, 15) is 19.8 Å². The number of ether oxygens (including phenoxy) is 1. The van der Waals surface area contributed by atoms with Crippen molar-refractivity contribution in [2.24, 2.45) is 0 Å². The van der Waals surface area contributed by atoms with Crippen LogP contribution in [0.1, 0.15) is 201 Å². The molecule has 0 aliphatic heterocycles. The van der Waals surface area contributed by atoms with Gasteiger partial charge < -0.3 is 20.3 Å². The van der Waals surface area contributed by atoms with Gasteiger partial charge in [0.25, 0.3) is 0 Å². The number of carbonyl (C=O) groups is 2. The molecular formula is C49H85NO5. The van der Waals surface area contributed by atoms with Gasteiger partial charge in [0.1, 0.15) is 6.10 Å². The topological polar surface area (TPSA) is 95.9 Å². The molecular weight excluding hydrogens is 683 g/mol. The second kappa shape index (κ2) is 42.4. The van der Waals surface area contributed by atoms with Gasteiger partial charge in [0.05, 0.1) is 25.2 Å². The maximum absolute atomic E-state index is 13.1. The number of carbonyl (C=O) groups excluding carboxylic acids is 2. The summed E-state index contributed by atoms with van der Waals surface area (Å²) in [6.07, 6.45) is 52.6. The molecule has 0 saturated carbocycles. The zero-order chi connectivity index (χ0) is 40.3. The number of hydrogen-bond acceptors (Lipinski definition) is 5. The molecule has 0 aromatic rings. The van der Waals surface area contributed by atoms with E-state index in [1.807, 2.05) is 42.5 Å². The Morgan fingerprint density at radius 1 is 0.564 bits per heavy atom. The van der Waals surface area contributed by atoms with Crippen LogP contribution in [0.5, 0.6) is 0 Å². The van der Waals surface area contributed by atoms with Crippen molar-refractivity contribution < 1.29 is 24.5 Å². The summed E-state index contributed by atoms with van der Waals surface area (Å²) in [6, 6.07) is -0.734. The Morgan fingerprint density at radius 3 is 1.65 bits per heavy atom. The fraction of sp³-hybridized carbons (Fsp3) is 0.714. The summed E-state index contributed by atoms with van der Waals surface area (Å²) in [6.45, 7) is 6.27. The minimum atomic E-state index is -0.814. The number of aliphatic hydroxyl groups is 2. The summed E-state index contributed by atoms with van der Waals surface area (Å²) >= 11 is 0. The van der Waals surface area contributed by atoms with Gasteiger partial charge in [-0.1, -0.05) is 203 Å². The van der Waals surface area contributed by atoms with Gasteiger partial charge in [-0.3, -0.25) is 9.59 Å². The average Bonchev–Trinajstić information content (AvgIpc) is 3.18. The number of aliphatic hydroxyl groups excluding tert-OH is 2. The molecule has 6 heteroatoms. The number of unbranched alkanes of at least 4 members (excludes halogenated alkanes) is 18. The molecule has 3 N–H and O–H groups in total. The summed E-state index contributed by atoms with van der Waals surface area (Å²) in [5, 5.41) is 23.6. The first-order chi connectivity index (χ1) is 27.0. The van der Waals surface area contributed by atoms with Crippen LogP contribution in [0.25, 0.3) is 0 Å². The Kier molecular flexibility index (Phi) is 40.4. The van der Waals surface area contributed by atoms with Crippen molar-refractivity contribution in [1.82, 2.24) is 5.32 Å². The molecule has 0 aromatic carbocycles. The maximum Gasteiger partial charge on any atom is 0.306 e. The Labute approximate surface area is 339 Å². The molecule has 3 unspecified atom stereocenters. The number of esters is 1. The van der Waals surface area contributed by atoms with Gasteiger partial charge in [0.2, 0.25) is 5.91 Å². The van der Waals surface area contributed by atoms with Crippen LogP contribution in [0.15, 0.2) is 72.9 Å². The lowest BCUT2D eigenvalue weighted by Gasteiger charge is -2.24. The minimum absolute atomic E-state index is 0.00644. The molecule has 55 heavy (non-hydrogen) atoms. The second-order valence-corrected chi connectivity index (χ2v) is 15.2. The fourth-order valence-corrected chi connectivity index (χ4v) is 6.44. The number of allylic oxidation sites excluding steroid dienone is 12. The highest BCUT2D eigenvalue weighted by Gasteiger charge is 2.23. The molecule has 316 valence electrons. The molecule has 0 saturated heterocycles. The molecule has 0 bridgehead atoms. The Balaban J connectivity index is 4.75. The van der Waals surface area contributed by atoms with E-state index in [1.165, 1.54) is 96.3 Å². The zero-order valence-electron chi connectivity index (χ0n) is 35.8. The van der Waals surface area contributed by atoms with E-state index >= 15 is 0 Å². The summed E-state index contributed by atoms with van der Waals surface area (Å²) < 4.78 is 5.82. The second-order valence-electron chi connectivity index (χ2n) is 15.2. The molecule has 0 fully saturated rings. The molecule has 0 aliphatic carbocycles. The molecule has 0 aliphatic rings. The highest BCUT2D eigenvalue weighted by atomic mass is 16.5. The van der Waals surface area contributed by atoms with Crippen molar-refractivity contribution in [3.05, 3.63) is 72.9 Å². The van der Waals surface area contributed by atoms with E-state index in [0.29, 0.717) is 19.3 Å². The van der Waals surface area contributed by atoms with E-state index in [2.05, 4.69) is 56.5 Å². The molecule has 0 heterocycles. The first-order valence-corrected chi connectivity index (χ1v) is 22.7. The zero-order valence-corrected chi connectivity index (χ0v) is 35.8. The summed E-state index contributed by atoms with van der Waals surface area (Å²) in [5.74, 6) is -0.630. The third kappa shape index (κ3) is 38.0. The van der Waals surface area contributed by atoms with Crippen molar-refractivity contribution >= 4 is 11.9 Å². The number of nitrogens with one attached hydrogen (secondary N) is 1. The summed E-state index contributed by atoms with van der Waals surface area (Å²) in [5.41, 5.74) is 0. The third-order valence-electron chi connectivity index (χ3n) is 9.88. The molecule has 0 aromatic heterocycles. The highest BCUT2D eigenvalue weighted by Crippen LogP contribution is 2.16. The Bertz CT molecular complexity index is 1040. The minimum Gasteiger partial charge on any atom is -0.462 e. The van der Waals surface area contributed by atoms with Gasteiger partial charge in [-0.2, -0.15) is 0 Å². The molecule has 0 spiro atoms. The third-order valence-corrected chi connectivity index (χ3v) is 9.88. The van der Waals surface area contributed by atoms with Crippen LogP contribution in [0.3, 0.4) is 0 Å². The quantitative estimate of drug-likeness (QED) is 0.0250. The first-order valence-electron chi connectivity index (χ1n) is 22.7. The number of amides is 1. The maximum atomic E-state index is 13.1. The van der Waals surface area contributed by atoms with Crippen molar-refractivity contribution in [1.29, 1.82) is 0 Å². The van der Waals surface area contributed by atoms with Gasteiger partial charge in [0, 0.05) is 6.42 Å². The van der Waals surface area contributed by atoms with E-state index in [0.717, 1.165) is 51.4 Å². The first kappa shape index (κ1) is 52.3. The van der Waals surface area contributed by atoms with E-state index in [4.69, 9.17) is 4.74 Å². The van der Waals surface area contributed by atoms with E-state index in [-0.39, 0.29) is 31.3 Å². The number of rotatable bonds is 39. The molecule has 0 rings (SSSR count). The van der Waals surface area contributed by atoms with Crippen LogP contribution in [0.2, 0.25) is 0 Å².